The molecule has 9 heteroatoms. The van der Waals surface area contributed by atoms with Crippen LogP contribution in [0.3, 0.4) is 0 Å². The molecule has 1 unspecified atom stereocenters. The molecular weight excluding hydrogens is 480 g/mol. The van der Waals surface area contributed by atoms with Crippen LogP contribution < -0.4 is 25.2 Å². The minimum Gasteiger partial charge on any atom is -0.495 e. The van der Waals surface area contributed by atoms with E-state index in [9.17, 15) is 9.59 Å². The monoisotopic (exact) mass is 520 g/mol. The van der Waals surface area contributed by atoms with Gasteiger partial charge in [-0.2, -0.15) is 0 Å². The summed E-state index contributed by atoms with van der Waals surface area (Å²) in [6, 6.07) is 9.64. The maximum Gasteiger partial charge on any atom is 0.251 e. The van der Waals surface area contributed by atoms with Crippen LogP contribution in [0, 0.1) is 0 Å². The van der Waals surface area contributed by atoms with Crippen molar-refractivity contribution in [3.8, 4) is 5.75 Å². The van der Waals surface area contributed by atoms with Crippen molar-refractivity contribution in [1.82, 2.24) is 15.2 Å². The van der Waals surface area contributed by atoms with Gasteiger partial charge in [-0.1, -0.05) is 19.8 Å². The van der Waals surface area contributed by atoms with E-state index >= 15 is 0 Å². The Hall–Kier alpha value is -3.33. The first-order chi connectivity index (χ1) is 18.4. The molecule has 2 N–H and O–H groups in total. The van der Waals surface area contributed by atoms with Gasteiger partial charge in [-0.25, -0.2) is 4.98 Å². The topological polar surface area (TPSA) is 90.0 Å². The summed E-state index contributed by atoms with van der Waals surface area (Å²) in [5.41, 5.74) is 2.14. The Kier molecular flexibility index (Phi) is 7.74. The highest BCUT2D eigenvalue weighted by Gasteiger charge is 2.40. The van der Waals surface area contributed by atoms with E-state index in [0.29, 0.717) is 23.2 Å². The molecular formula is C29H40N6O3. The van der Waals surface area contributed by atoms with Gasteiger partial charge in [-0.05, 0) is 82.6 Å². The Labute approximate surface area is 225 Å². The minimum atomic E-state index is -0.199. The van der Waals surface area contributed by atoms with E-state index in [1.807, 2.05) is 31.3 Å². The van der Waals surface area contributed by atoms with Crippen LogP contribution in [0.4, 0.5) is 23.0 Å². The van der Waals surface area contributed by atoms with Gasteiger partial charge < -0.3 is 30.1 Å². The zero-order valence-electron chi connectivity index (χ0n) is 23.0. The molecule has 204 valence electrons. The number of amides is 2. The zero-order valence-corrected chi connectivity index (χ0v) is 23.0. The lowest BCUT2D eigenvalue weighted by Crippen LogP contribution is -2.55. The summed E-state index contributed by atoms with van der Waals surface area (Å²) in [5.74, 6) is 2.15. The lowest BCUT2D eigenvalue weighted by molar-refractivity contribution is -0.120. The third kappa shape index (κ3) is 5.16. The van der Waals surface area contributed by atoms with Gasteiger partial charge >= 0.3 is 0 Å². The van der Waals surface area contributed by atoms with Crippen LogP contribution in [0.1, 0.15) is 62.2 Å². The molecule has 3 heterocycles. The molecule has 2 amide bonds. The van der Waals surface area contributed by atoms with Crippen LogP contribution in [-0.2, 0) is 4.79 Å². The molecule has 2 aliphatic heterocycles. The molecule has 2 fully saturated rings. The van der Waals surface area contributed by atoms with E-state index < -0.39 is 0 Å². The van der Waals surface area contributed by atoms with Gasteiger partial charge in [-0.3, -0.25) is 9.59 Å². The lowest BCUT2D eigenvalue weighted by Gasteiger charge is -2.43. The second-order valence-corrected chi connectivity index (χ2v) is 10.8. The molecule has 1 saturated heterocycles. The fraction of sp³-hybridized carbons (Fsp3) is 0.552. The lowest BCUT2D eigenvalue weighted by atomic mass is 10.0. The Balaban J connectivity index is 1.38. The molecule has 1 saturated carbocycles. The number of carbonyl (C=O) groups excluding carboxylic acids is 2. The van der Waals surface area contributed by atoms with E-state index in [-0.39, 0.29) is 23.9 Å². The van der Waals surface area contributed by atoms with Gasteiger partial charge in [0.05, 0.1) is 18.5 Å². The second kappa shape index (κ2) is 11.2. The van der Waals surface area contributed by atoms with Crippen molar-refractivity contribution >= 4 is 34.8 Å². The standard InChI is InChI=1S/C29H40N6O3/c1-5-23-29(37)34(3)24-12-13-26(32-27(24)35(23)21-8-6-7-9-21)31-22-11-10-19(18-25(22)38-4)28(36)30-20-14-16-33(2)17-15-20/h10-13,18,20-21,23H,5-9,14-17H2,1-4H3,(H,30,36)(H,31,32). The highest BCUT2D eigenvalue weighted by Crippen LogP contribution is 2.41. The number of carbonyl (C=O) groups is 2. The van der Waals surface area contributed by atoms with Crippen molar-refractivity contribution in [2.75, 3.05) is 49.4 Å². The van der Waals surface area contributed by atoms with Crippen molar-refractivity contribution in [3.63, 3.8) is 0 Å². The van der Waals surface area contributed by atoms with Crippen molar-refractivity contribution in [2.24, 2.45) is 0 Å². The predicted molar refractivity (Wildman–Crippen MR) is 151 cm³/mol. The fourth-order valence-corrected chi connectivity index (χ4v) is 6.05. The Morgan fingerprint density at radius 1 is 1.08 bits per heavy atom. The number of methoxy groups -OCH3 is 1. The molecule has 9 nitrogen and oxygen atoms in total. The molecule has 1 aromatic heterocycles. The largest absolute Gasteiger partial charge is 0.495 e. The Bertz CT molecular complexity index is 1170. The van der Waals surface area contributed by atoms with Crippen LogP contribution in [-0.4, -0.2) is 74.1 Å². The number of anilines is 4. The molecule has 0 radical (unpaired) electrons. The average Bonchev–Trinajstić information content (AvgIpc) is 3.46. The Morgan fingerprint density at radius 3 is 2.50 bits per heavy atom. The van der Waals surface area contributed by atoms with Crippen LogP contribution in [0.15, 0.2) is 30.3 Å². The molecule has 0 bridgehead atoms. The van der Waals surface area contributed by atoms with Crippen LogP contribution >= 0.6 is 0 Å². The maximum absolute atomic E-state index is 13.2. The smallest absolute Gasteiger partial charge is 0.251 e. The van der Waals surface area contributed by atoms with E-state index in [1.54, 1.807) is 18.1 Å². The summed E-state index contributed by atoms with van der Waals surface area (Å²) in [7, 11) is 5.55. The van der Waals surface area contributed by atoms with Gasteiger partial charge in [0.15, 0.2) is 5.82 Å². The van der Waals surface area contributed by atoms with E-state index in [2.05, 4.69) is 34.4 Å². The number of benzene rings is 1. The fourth-order valence-electron chi connectivity index (χ4n) is 6.05. The van der Waals surface area contributed by atoms with E-state index in [0.717, 1.165) is 62.4 Å². The van der Waals surface area contributed by atoms with Crippen molar-refractivity contribution in [1.29, 1.82) is 0 Å². The van der Waals surface area contributed by atoms with Gasteiger partial charge in [0.2, 0.25) is 5.91 Å². The molecule has 2 aromatic rings. The number of hydrogen-bond acceptors (Lipinski definition) is 7. The molecule has 5 rings (SSSR count). The molecule has 1 atom stereocenters. The van der Waals surface area contributed by atoms with Crippen LogP contribution in [0.2, 0.25) is 0 Å². The number of hydrogen-bond donors (Lipinski definition) is 2. The van der Waals surface area contributed by atoms with Crippen molar-refractivity contribution in [3.05, 3.63) is 35.9 Å². The van der Waals surface area contributed by atoms with Gasteiger partial charge in [-0.15, -0.1) is 0 Å². The number of ether oxygens (including phenoxy) is 1. The molecule has 38 heavy (non-hydrogen) atoms. The normalized spacial score (nSPS) is 20.9. The first kappa shape index (κ1) is 26.3. The van der Waals surface area contributed by atoms with Crippen molar-refractivity contribution < 1.29 is 14.3 Å². The zero-order chi connectivity index (χ0) is 26.8. The number of rotatable bonds is 7. The molecule has 0 spiro atoms. The number of likely N-dealkylation sites (N-methyl/N-ethyl adjacent to an activating group) is 1. The highest BCUT2D eigenvalue weighted by molar-refractivity contribution is 6.04. The highest BCUT2D eigenvalue weighted by atomic mass is 16.5. The number of nitrogens with zero attached hydrogens (tertiary/aromatic N) is 4. The second-order valence-electron chi connectivity index (χ2n) is 10.8. The van der Waals surface area contributed by atoms with Gasteiger partial charge in [0.1, 0.15) is 17.6 Å². The number of piperidine rings is 1. The molecule has 1 aromatic carbocycles. The average molecular weight is 521 g/mol. The summed E-state index contributed by atoms with van der Waals surface area (Å²) in [4.78, 5) is 37.4. The van der Waals surface area contributed by atoms with Crippen LogP contribution in [0.25, 0.3) is 0 Å². The molecule has 3 aliphatic rings. The first-order valence-corrected chi connectivity index (χ1v) is 13.9. The number of pyridine rings is 1. The van der Waals surface area contributed by atoms with Gasteiger partial charge in [0, 0.05) is 24.7 Å². The SMILES string of the molecule is CCC1C(=O)N(C)c2ccc(Nc3ccc(C(=O)NC4CCN(C)CC4)cc3OC)nc2N1C1CCCC1. The number of aromatic nitrogens is 1. The van der Waals surface area contributed by atoms with E-state index in [1.165, 1.54) is 12.8 Å². The third-order valence-corrected chi connectivity index (χ3v) is 8.30. The predicted octanol–water partition coefficient (Wildman–Crippen LogP) is 4.16. The van der Waals surface area contributed by atoms with Crippen molar-refractivity contribution in [2.45, 2.75) is 70.0 Å². The number of likely N-dealkylation sites (tertiary alicyclic amines) is 1. The summed E-state index contributed by atoms with van der Waals surface area (Å²) < 4.78 is 5.65. The summed E-state index contributed by atoms with van der Waals surface area (Å²) in [6.45, 7) is 4.05. The quantitative estimate of drug-likeness (QED) is 0.567. The number of nitrogens with one attached hydrogen (secondary N) is 2. The van der Waals surface area contributed by atoms with E-state index in [4.69, 9.17) is 9.72 Å². The summed E-state index contributed by atoms with van der Waals surface area (Å²) in [6.07, 6.45) is 7.20. The third-order valence-electron chi connectivity index (χ3n) is 8.30. The van der Waals surface area contributed by atoms with Gasteiger partial charge in [0.25, 0.3) is 5.91 Å². The molecule has 1 aliphatic carbocycles. The minimum absolute atomic E-state index is 0.0816. The Morgan fingerprint density at radius 2 is 1.82 bits per heavy atom. The summed E-state index contributed by atoms with van der Waals surface area (Å²) >= 11 is 0. The number of fused-ring (bicyclic) bond motifs is 1. The van der Waals surface area contributed by atoms with Crippen LogP contribution in [0.5, 0.6) is 5.75 Å². The first-order valence-electron chi connectivity index (χ1n) is 13.9. The maximum atomic E-state index is 13.2. The summed E-state index contributed by atoms with van der Waals surface area (Å²) in [5, 5.41) is 6.56.